The van der Waals surface area contributed by atoms with Crippen molar-refractivity contribution in [2.45, 2.75) is 31.9 Å². The summed E-state index contributed by atoms with van der Waals surface area (Å²) in [4.78, 5) is 0. The predicted octanol–water partition coefficient (Wildman–Crippen LogP) is 2.02. The average molecular weight is 216 g/mol. The van der Waals surface area contributed by atoms with Crippen molar-refractivity contribution in [3.63, 3.8) is 0 Å². The minimum absolute atomic E-state index is 0.195. The average Bonchev–Trinajstić information content (AvgIpc) is 2.70. The van der Waals surface area contributed by atoms with Crippen molar-refractivity contribution in [2.75, 3.05) is 6.54 Å². The first-order valence-electron chi connectivity index (χ1n) is 5.61. The lowest BCUT2D eigenvalue weighted by Crippen LogP contribution is -2.21. The molecule has 1 aromatic rings. The summed E-state index contributed by atoms with van der Waals surface area (Å²) in [5, 5.41) is 11.9. The molecular formula is C13H16N2O. The van der Waals surface area contributed by atoms with Gasteiger partial charge in [0.15, 0.2) is 0 Å². The number of aryl methyl sites for hydroxylation is 1. The zero-order valence-corrected chi connectivity index (χ0v) is 9.44. The molecule has 0 aromatic heterocycles. The van der Waals surface area contributed by atoms with Crippen molar-refractivity contribution in [3.8, 4) is 11.8 Å². The van der Waals surface area contributed by atoms with Gasteiger partial charge in [-0.3, -0.25) is 0 Å². The summed E-state index contributed by atoms with van der Waals surface area (Å²) in [5.41, 5.74) is 1.24. The molecule has 1 heterocycles. The van der Waals surface area contributed by atoms with E-state index in [9.17, 15) is 0 Å². The first-order chi connectivity index (χ1) is 7.78. The summed E-state index contributed by atoms with van der Waals surface area (Å²) in [6.45, 7) is 2.89. The van der Waals surface area contributed by atoms with Gasteiger partial charge in [0, 0.05) is 19.0 Å². The summed E-state index contributed by atoms with van der Waals surface area (Å²) in [6, 6.07) is 10.6. The standard InChI is InChI=1S/C13H16N2O/c1-10-2-4-12(5-3-10)16-13-8-11(6-7-14)15-9-13/h2-5,11,13,15H,6,8-9H2,1H3. The minimum atomic E-state index is 0.195. The van der Waals surface area contributed by atoms with Crippen molar-refractivity contribution in [1.29, 1.82) is 5.26 Å². The Kier molecular flexibility index (Phi) is 3.43. The maximum absolute atomic E-state index is 8.60. The van der Waals surface area contributed by atoms with Crippen LogP contribution in [-0.4, -0.2) is 18.7 Å². The maximum atomic E-state index is 8.60. The van der Waals surface area contributed by atoms with Gasteiger partial charge in [0.2, 0.25) is 0 Å². The molecule has 3 nitrogen and oxygen atoms in total. The Morgan fingerprint density at radius 1 is 1.44 bits per heavy atom. The minimum Gasteiger partial charge on any atom is -0.489 e. The third-order valence-corrected chi connectivity index (χ3v) is 2.84. The molecule has 0 saturated carbocycles. The summed E-state index contributed by atoms with van der Waals surface area (Å²) in [6.07, 6.45) is 1.68. The zero-order chi connectivity index (χ0) is 11.4. The highest BCUT2D eigenvalue weighted by Crippen LogP contribution is 2.18. The molecular weight excluding hydrogens is 200 g/mol. The fourth-order valence-corrected chi connectivity index (χ4v) is 1.95. The fraction of sp³-hybridized carbons (Fsp3) is 0.462. The van der Waals surface area contributed by atoms with Gasteiger partial charge in [0.1, 0.15) is 11.9 Å². The number of nitrogens with zero attached hydrogens (tertiary/aromatic N) is 1. The van der Waals surface area contributed by atoms with Crippen LogP contribution >= 0.6 is 0 Å². The highest BCUT2D eigenvalue weighted by atomic mass is 16.5. The van der Waals surface area contributed by atoms with Crippen LogP contribution in [0.5, 0.6) is 5.75 Å². The zero-order valence-electron chi connectivity index (χ0n) is 9.44. The van der Waals surface area contributed by atoms with E-state index in [0.29, 0.717) is 12.5 Å². The molecule has 1 aliphatic rings. The smallest absolute Gasteiger partial charge is 0.119 e. The van der Waals surface area contributed by atoms with Crippen LogP contribution in [0.25, 0.3) is 0 Å². The number of benzene rings is 1. The van der Waals surface area contributed by atoms with Gasteiger partial charge in [-0.15, -0.1) is 0 Å². The third-order valence-electron chi connectivity index (χ3n) is 2.84. The number of nitrogens with one attached hydrogen (secondary N) is 1. The molecule has 16 heavy (non-hydrogen) atoms. The van der Waals surface area contributed by atoms with Crippen molar-refractivity contribution in [3.05, 3.63) is 29.8 Å². The molecule has 1 N–H and O–H groups in total. The van der Waals surface area contributed by atoms with E-state index in [1.54, 1.807) is 0 Å². The van der Waals surface area contributed by atoms with Crippen LogP contribution in [0.1, 0.15) is 18.4 Å². The van der Waals surface area contributed by atoms with E-state index in [0.717, 1.165) is 18.7 Å². The lowest BCUT2D eigenvalue weighted by molar-refractivity contribution is 0.220. The second-order valence-corrected chi connectivity index (χ2v) is 4.26. The highest BCUT2D eigenvalue weighted by molar-refractivity contribution is 5.26. The van der Waals surface area contributed by atoms with E-state index in [1.165, 1.54) is 5.56 Å². The molecule has 2 atom stereocenters. The van der Waals surface area contributed by atoms with Crippen LogP contribution in [0.15, 0.2) is 24.3 Å². The fourth-order valence-electron chi connectivity index (χ4n) is 1.95. The summed E-state index contributed by atoms with van der Waals surface area (Å²) >= 11 is 0. The van der Waals surface area contributed by atoms with Gasteiger partial charge in [0.25, 0.3) is 0 Å². The Labute approximate surface area is 96.0 Å². The normalized spacial score (nSPS) is 24.0. The van der Waals surface area contributed by atoms with Crippen molar-refractivity contribution >= 4 is 0 Å². The molecule has 3 heteroatoms. The molecule has 1 aliphatic heterocycles. The SMILES string of the molecule is Cc1ccc(OC2CNC(CC#N)C2)cc1. The Hall–Kier alpha value is -1.53. The van der Waals surface area contributed by atoms with E-state index >= 15 is 0 Å². The van der Waals surface area contributed by atoms with Crippen LogP contribution in [0.3, 0.4) is 0 Å². The van der Waals surface area contributed by atoms with Crippen LogP contribution in [0.4, 0.5) is 0 Å². The largest absolute Gasteiger partial charge is 0.489 e. The second-order valence-electron chi connectivity index (χ2n) is 4.26. The lowest BCUT2D eigenvalue weighted by Gasteiger charge is -2.12. The number of ether oxygens (including phenoxy) is 1. The summed E-state index contributed by atoms with van der Waals surface area (Å²) in [5.74, 6) is 0.912. The molecule has 1 fully saturated rings. The van der Waals surface area contributed by atoms with Gasteiger partial charge in [-0.25, -0.2) is 0 Å². The molecule has 84 valence electrons. The quantitative estimate of drug-likeness (QED) is 0.840. The Morgan fingerprint density at radius 2 is 2.19 bits per heavy atom. The highest BCUT2D eigenvalue weighted by Gasteiger charge is 2.24. The van der Waals surface area contributed by atoms with E-state index in [-0.39, 0.29) is 6.10 Å². The van der Waals surface area contributed by atoms with Crippen LogP contribution < -0.4 is 10.1 Å². The molecule has 1 aromatic carbocycles. The number of hydrogen-bond acceptors (Lipinski definition) is 3. The van der Waals surface area contributed by atoms with Crippen molar-refractivity contribution in [2.24, 2.45) is 0 Å². The Bertz CT molecular complexity index is 380. The second kappa shape index (κ2) is 5.00. The molecule has 0 spiro atoms. The van der Waals surface area contributed by atoms with Gasteiger partial charge in [-0.05, 0) is 19.1 Å². The van der Waals surface area contributed by atoms with Crippen LogP contribution in [-0.2, 0) is 0 Å². The third kappa shape index (κ3) is 2.74. The number of hydrogen-bond donors (Lipinski definition) is 1. The monoisotopic (exact) mass is 216 g/mol. The first-order valence-corrected chi connectivity index (χ1v) is 5.61. The van der Waals surface area contributed by atoms with Crippen LogP contribution in [0.2, 0.25) is 0 Å². The predicted molar refractivity (Wildman–Crippen MR) is 62.2 cm³/mol. The summed E-state index contributed by atoms with van der Waals surface area (Å²) < 4.78 is 5.83. The molecule has 0 radical (unpaired) electrons. The first kappa shape index (κ1) is 11.0. The van der Waals surface area contributed by atoms with E-state index in [1.807, 2.05) is 24.3 Å². The Balaban J connectivity index is 1.87. The van der Waals surface area contributed by atoms with Gasteiger partial charge >= 0.3 is 0 Å². The van der Waals surface area contributed by atoms with E-state index in [4.69, 9.17) is 10.00 Å². The molecule has 0 aliphatic carbocycles. The topological polar surface area (TPSA) is 45.0 Å². The van der Waals surface area contributed by atoms with Crippen molar-refractivity contribution < 1.29 is 4.74 Å². The number of nitriles is 1. The molecule has 2 unspecified atom stereocenters. The van der Waals surface area contributed by atoms with Gasteiger partial charge in [-0.1, -0.05) is 17.7 Å². The van der Waals surface area contributed by atoms with Gasteiger partial charge < -0.3 is 10.1 Å². The Morgan fingerprint density at radius 3 is 2.88 bits per heavy atom. The van der Waals surface area contributed by atoms with Crippen LogP contribution in [0, 0.1) is 18.3 Å². The summed E-state index contributed by atoms with van der Waals surface area (Å²) in [7, 11) is 0. The molecule has 0 amide bonds. The molecule has 0 bridgehead atoms. The van der Waals surface area contributed by atoms with Gasteiger partial charge in [-0.2, -0.15) is 5.26 Å². The van der Waals surface area contributed by atoms with Crippen molar-refractivity contribution in [1.82, 2.24) is 5.32 Å². The van der Waals surface area contributed by atoms with E-state index in [2.05, 4.69) is 18.3 Å². The lowest BCUT2D eigenvalue weighted by atomic mass is 10.1. The van der Waals surface area contributed by atoms with E-state index < -0.39 is 0 Å². The van der Waals surface area contributed by atoms with Gasteiger partial charge in [0.05, 0.1) is 12.5 Å². The number of rotatable bonds is 3. The molecule has 2 rings (SSSR count). The molecule has 1 saturated heterocycles. The maximum Gasteiger partial charge on any atom is 0.119 e.